The zero-order valence-electron chi connectivity index (χ0n) is 14.3. The molecule has 0 aliphatic carbocycles. The van der Waals surface area contributed by atoms with Gasteiger partial charge in [-0.3, -0.25) is 14.9 Å². The molecule has 0 aromatic heterocycles. The van der Waals surface area contributed by atoms with Crippen LogP contribution in [0.4, 0.5) is 30.2 Å². The molecule has 2 rings (SSSR count). The van der Waals surface area contributed by atoms with Crippen molar-refractivity contribution in [3.05, 3.63) is 58.1 Å². The van der Waals surface area contributed by atoms with Crippen LogP contribution in [0.25, 0.3) is 0 Å². The molecule has 0 aliphatic rings. The van der Waals surface area contributed by atoms with E-state index in [9.17, 15) is 36.5 Å². The number of halogens is 3. The standard InChI is InChI=1S/C16H14F3N3O5S/c1-28(26,27)12-5-6-13(14(8-12)22(24)25)20-9-15(23)21-11-4-2-3-10(7-11)16(17,18)19/h2-8,20H,9H2,1H3,(H,21,23). The minimum absolute atomic E-state index is 0.0939. The largest absolute Gasteiger partial charge is 0.416 e. The summed E-state index contributed by atoms with van der Waals surface area (Å²) in [5.41, 5.74) is -1.71. The second-order valence-corrected chi connectivity index (χ2v) is 7.70. The van der Waals surface area contributed by atoms with Crippen LogP contribution in [0, 0.1) is 10.1 Å². The van der Waals surface area contributed by atoms with Gasteiger partial charge in [0, 0.05) is 18.0 Å². The van der Waals surface area contributed by atoms with Gasteiger partial charge >= 0.3 is 6.18 Å². The van der Waals surface area contributed by atoms with Crippen LogP contribution in [0.3, 0.4) is 0 Å². The van der Waals surface area contributed by atoms with E-state index in [0.717, 1.165) is 42.7 Å². The molecule has 0 radical (unpaired) electrons. The molecule has 2 aromatic rings. The Bertz CT molecular complexity index is 1020. The Morgan fingerprint density at radius 2 is 1.86 bits per heavy atom. The molecule has 1 amide bonds. The number of hydrogen-bond donors (Lipinski definition) is 2. The maximum Gasteiger partial charge on any atom is 0.416 e. The fraction of sp³-hybridized carbons (Fsp3) is 0.188. The molecule has 0 unspecified atom stereocenters. The molecule has 0 saturated heterocycles. The number of carbonyl (C=O) groups is 1. The highest BCUT2D eigenvalue weighted by Gasteiger charge is 2.30. The summed E-state index contributed by atoms with van der Waals surface area (Å²) in [6, 6.07) is 7.10. The number of nitro groups is 1. The van der Waals surface area contributed by atoms with Crippen LogP contribution in [0.1, 0.15) is 5.56 Å². The molecular weight excluding hydrogens is 403 g/mol. The smallest absolute Gasteiger partial charge is 0.371 e. The summed E-state index contributed by atoms with van der Waals surface area (Å²) < 4.78 is 61.0. The molecule has 0 spiro atoms. The van der Waals surface area contributed by atoms with E-state index in [0.29, 0.717) is 0 Å². The Balaban J connectivity index is 2.12. The van der Waals surface area contributed by atoms with E-state index in [-0.39, 0.29) is 16.3 Å². The predicted octanol–water partition coefficient (Wildman–Crippen LogP) is 3.07. The van der Waals surface area contributed by atoms with Crippen LogP contribution in [-0.2, 0) is 20.8 Å². The van der Waals surface area contributed by atoms with E-state index in [2.05, 4.69) is 10.6 Å². The Hall–Kier alpha value is -3.15. The van der Waals surface area contributed by atoms with Gasteiger partial charge in [-0.05, 0) is 30.3 Å². The van der Waals surface area contributed by atoms with Crippen LogP contribution in [-0.4, -0.2) is 32.0 Å². The number of anilines is 2. The highest BCUT2D eigenvalue weighted by molar-refractivity contribution is 7.90. The molecule has 2 aromatic carbocycles. The fourth-order valence-corrected chi connectivity index (χ4v) is 2.84. The van der Waals surface area contributed by atoms with Crippen molar-refractivity contribution in [3.8, 4) is 0 Å². The first-order valence-electron chi connectivity index (χ1n) is 7.57. The van der Waals surface area contributed by atoms with Gasteiger partial charge in [-0.2, -0.15) is 13.2 Å². The van der Waals surface area contributed by atoms with E-state index in [1.165, 1.54) is 6.07 Å². The van der Waals surface area contributed by atoms with Crippen molar-refractivity contribution in [2.75, 3.05) is 23.4 Å². The monoisotopic (exact) mass is 417 g/mol. The normalized spacial score (nSPS) is 11.7. The Morgan fingerprint density at radius 1 is 1.18 bits per heavy atom. The van der Waals surface area contributed by atoms with Crippen molar-refractivity contribution in [1.82, 2.24) is 0 Å². The van der Waals surface area contributed by atoms with Crippen LogP contribution in [0.5, 0.6) is 0 Å². The van der Waals surface area contributed by atoms with Gasteiger partial charge in [-0.25, -0.2) is 8.42 Å². The number of rotatable bonds is 6. The van der Waals surface area contributed by atoms with Gasteiger partial charge in [-0.1, -0.05) is 6.07 Å². The van der Waals surface area contributed by atoms with Gasteiger partial charge in [0.25, 0.3) is 5.69 Å². The number of amides is 1. The molecule has 150 valence electrons. The zero-order chi connectivity index (χ0) is 21.1. The third-order valence-corrected chi connectivity index (χ3v) is 4.62. The lowest BCUT2D eigenvalue weighted by atomic mass is 10.2. The van der Waals surface area contributed by atoms with Crippen LogP contribution >= 0.6 is 0 Å². The van der Waals surface area contributed by atoms with Crippen molar-refractivity contribution in [2.45, 2.75) is 11.1 Å². The van der Waals surface area contributed by atoms with Gasteiger partial charge in [0.15, 0.2) is 9.84 Å². The molecule has 0 fully saturated rings. The summed E-state index contributed by atoms with van der Waals surface area (Å²) in [6.45, 7) is -0.491. The third-order valence-electron chi connectivity index (χ3n) is 3.51. The Labute approximate surface area is 157 Å². The molecule has 0 heterocycles. The second kappa shape index (κ2) is 7.84. The number of benzene rings is 2. The lowest BCUT2D eigenvalue weighted by molar-refractivity contribution is -0.384. The SMILES string of the molecule is CS(=O)(=O)c1ccc(NCC(=O)Nc2cccc(C(F)(F)F)c2)c([N+](=O)[O-])c1. The summed E-state index contributed by atoms with van der Waals surface area (Å²) in [7, 11) is -3.67. The molecule has 0 atom stereocenters. The number of nitrogens with zero attached hydrogens (tertiary/aromatic N) is 1. The third kappa shape index (κ3) is 5.42. The number of nitrogens with one attached hydrogen (secondary N) is 2. The number of hydrogen-bond acceptors (Lipinski definition) is 6. The molecule has 0 bridgehead atoms. The summed E-state index contributed by atoms with van der Waals surface area (Å²) in [6.07, 6.45) is -3.68. The second-order valence-electron chi connectivity index (χ2n) is 5.69. The first-order valence-corrected chi connectivity index (χ1v) is 9.46. The molecule has 28 heavy (non-hydrogen) atoms. The maximum atomic E-state index is 12.7. The zero-order valence-corrected chi connectivity index (χ0v) is 15.1. The van der Waals surface area contributed by atoms with Crippen molar-refractivity contribution in [3.63, 3.8) is 0 Å². The predicted molar refractivity (Wildman–Crippen MR) is 94.8 cm³/mol. The quantitative estimate of drug-likeness (QED) is 0.551. The average Bonchev–Trinajstić information content (AvgIpc) is 2.58. The van der Waals surface area contributed by atoms with Gasteiger partial charge in [0.05, 0.1) is 21.9 Å². The minimum Gasteiger partial charge on any atom is -0.371 e. The van der Waals surface area contributed by atoms with E-state index >= 15 is 0 Å². The summed E-state index contributed by atoms with van der Waals surface area (Å²) in [5, 5.41) is 15.8. The Kier molecular flexibility index (Phi) is 5.92. The van der Waals surface area contributed by atoms with E-state index in [1.807, 2.05) is 0 Å². The molecular formula is C16H14F3N3O5S. The average molecular weight is 417 g/mol. The first kappa shape index (κ1) is 21.2. The molecule has 8 nitrogen and oxygen atoms in total. The van der Waals surface area contributed by atoms with Crippen molar-refractivity contribution in [2.24, 2.45) is 0 Å². The fourth-order valence-electron chi connectivity index (χ4n) is 2.20. The van der Waals surface area contributed by atoms with Gasteiger partial charge < -0.3 is 10.6 Å². The van der Waals surface area contributed by atoms with Gasteiger partial charge in [0.2, 0.25) is 5.91 Å². The summed E-state index contributed by atoms with van der Waals surface area (Å²) in [5.74, 6) is -0.749. The Morgan fingerprint density at radius 3 is 2.43 bits per heavy atom. The number of nitro benzene ring substituents is 1. The summed E-state index contributed by atoms with van der Waals surface area (Å²) >= 11 is 0. The topological polar surface area (TPSA) is 118 Å². The highest BCUT2D eigenvalue weighted by Crippen LogP contribution is 2.31. The summed E-state index contributed by atoms with van der Waals surface area (Å²) in [4.78, 5) is 22.0. The van der Waals surface area contributed by atoms with Crippen molar-refractivity contribution < 1.29 is 31.3 Å². The maximum absolute atomic E-state index is 12.7. The highest BCUT2D eigenvalue weighted by atomic mass is 32.2. The lowest BCUT2D eigenvalue weighted by Gasteiger charge is -2.11. The lowest BCUT2D eigenvalue weighted by Crippen LogP contribution is -2.22. The van der Waals surface area contributed by atoms with Crippen molar-refractivity contribution in [1.29, 1.82) is 0 Å². The van der Waals surface area contributed by atoms with E-state index in [1.54, 1.807) is 0 Å². The van der Waals surface area contributed by atoms with Gasteiger partial charge in [-0.15, -0.1) is 0 Å². The molecule has 0 saturated carbocycles. The minimum atomic E-state index is -4.57. The van der Waals surface area contributed by atoms with E-state index < -0.39 is 44.6 Å². The van der Waals surface area contributed by atoms with Crippen LogP contribution in [0.2, 0.25) is 0 Å². The molecule has 0 aliphatic heterocycles. The molecule has 12 heteroatoms. The van der Waals surface area contributed by atoms with Gasteiger partial charge in [0.1, 0.15) is 5.69 Å². The number of alkyl halides is 3. The number of sulfone groups is 1. The van der Waals surface area contributed by atoms with E-state index in [4.69, 9.17) is 0 Å². The molecule has 2 N–H and O–H groups in total. The van der Waals surface area contributed by atoms with Crippen LogP contribution < -0.4 is 10.6 Å². The first-order chi connectivity index (χ1) is 12.9. The van der Waals surface area contributed by atoms with Crippen molar-refractivity contribution >= 4 is 32.8 Å². The van der Waals surface area contributed by atoms with Crippen LogP contribution in [0.15, 0.2) is 47.4 Å². The number of carbonyl (C=O) groups excluding carboxylic acids is 1.